The second-order valence-corrected chi connectivity index (χ2v) is 9.65. The van der Waals surface area contributed by atoms with Crippen LogP contribution in [0.2, 0.25) is 0 Å². The molecule has 0 saturated carbocycles. The first kappa shape index (κ1) is 24.4. The number of aryl methyl sites for hydroxylation is 1. The molecule has 0 aliphatic carbocycles. The second-order valence-electron chi connectivity index (χ2n) is 8.43. The number of hydrogen-bond acceptors (Lipinski definition) is 6. The number of ether oxygens (including phenoxy) is 2. The van der Waals surface area contributed by atoms with Crippen LogP contribution in [-0.2, 0) is 4.74 Å². The Hall–Kier alpha value is -3.71. The van der Waals surface area contributed by atoms with Gasteiger partial charge in [-0.05, 0) is 76.6 Å². The van der Waals surface area contributed by atoms with Crippen LogP contribution in [-0.4, -0.2) is 29.6 Å². The van der Waals surface area contributed by atoms with Crippen molar-refractivity contribution in [2.45, 2.75) is 40.7 Å². The van der Waals surface area contributed by atoms with Crippen LogP contribution in [0, 0.1) is 13.8 Å². The molecular weight excluding hydrogens is 460 g/mol. The van der Waals surface area contributed by atoms with Gasteiger partial charge < -0.3 is 14.8 Å². The standard InChI is InChI=1S/C28H28N2O4S/c1-6-33-20-13-11-19(12-14-20)24-15-22(21-9-7-8-10-23(21)29-24)26(31)30-27-25(17(4)18(5)35-27)28(32)34-16(2)3/h7-16H,6H2,1-5H3,(H,30,31). The zero-order chi connectivity index (χ0) is 25.1. The molecule has 0 radical (unpaired) electrons. The molecule has 0 aliphatic rings. The van der Waals surface area contributed by atoms with E-state index in [0.717, 1.165) is 27.1 Å². The zero-order valence-electron chi connectivity index (χ0n) is 20.5. The number of pyridine rings is 1. The summed E-state index contributed by atoms with van der Waals surface area (Å²) in [6.45, 7) is 9.92. The van der Waals surface area contributed by atoms with Gasteiger partial charge in [-0.3, -0.25) is 4.79 Å². The number of carbonyl (C=O) groups is 2. The lowest BCUT2D eigenvalue weighted by atomic mass is 10.0. The number of amides is 1. The van der Waals surface area contributed by atoms with Crippen molar-refractivity contribution in [3.63, 3.8) is 0 Å². The molecule has 0 aliphatic heterocycles. The predicted molar refractivity (Wildman–Crippen MR) is 141 cm³/mol. The van der Waals surface area contributed by atoms with E-state index in [1.807, 2.05) is 69.3 Å². The van der Waals surface area contributed by atoms with E-state index in [1.54, 1.807) is 19.9 Å². The average Bonchev–Trinajstić information content (AvgIpc) is 3.11. The van der Waals surface area contributed by atoms with Crippen molar-refractivity contribution < 1.29 is 19.1 Å². The molecule has 1 N–H and O–H groups in total. The molecule has 1 amide bonds. The molecule has 2 aromatic carbocycles. The summed E-state index contributed by atoms with van der Waals surface area (Å²) in [6, 6.07) is 16.9. The highest BCUT2D eigenvalue weighted by Crippen LogP contribution is 2.34. The lowest BCUT2D eigenvalue weighted by Crippen LogP contribution is -2.17. The molecule has 0 unspecified atom stereocenters. The number of esters is 1. The van der Waals surface area contributed by atoms with E-state index in [2.05, 4.69) is 5.32 Å². The van der Waals surface area contributed by atoms with Gasteiger partial charge in [-0.1, -0.05) is 18.2 Å². The Morgan fingerprint density at radius 2 is 1.77 bits per heavy atom. The summed E-state index contributed by atoms with van der Waals surface area (Å²) < 4.78 is 11.0. The molecule has 7 heteroatoms. The van der Waals surface area contributed by atoms with E-state index in [4.69, 9.17) is 14.5 Å². The normalized spacial score (nSPS) is 11.0. The van der Waals surface area contributed by atoms with Crippen LogP contribution < -0.4 is 10.1 Å². The topological polar surface area (TPSA) is 77.5 Å². The van der Waals surface area contributed by atoms with Gasteiger partial charge in [0, 0.05) is 15.8 Å². The molecule has 4 rings (SSSR count). The first-order valence-electron chi connectivity index (χ1n) is 11.5. The summed E-state index contributed by atoms with van der Waals surface area (Å²) in [7, 11) is 0. The number of thiophene rings is 1. The van der Waals surface area contributed by atoms with Crippen LogP contribution >= 0.6 is 11.3 Å². The van der Waals surface area contributed by atoms with Crippen molar-refractivity contribution in [3.05, 3.63) is 76.2 Å². The van der Waals surface area contributed by atoms with Gasteiger partial charge in [0.1, 0.15) is 10.8 Å². The molecule has 0 spiro atoms. The number of nitrogens with one attached hydrogen (secondary N) is 1. The van der Waals surface area contributed by atoms with E-state index in [0.29, 0.717) is 33.9 Å². The molecular formula is C28H28N2O4S. The Bertz CT molecular complexity index is 1390. The van der Waals surface area contributed by atoms with Crippen molar-refractivity contribution >= 4 is 39.1 Å². The number of anilines is 1. The van der Waals surface area contributed by atoms with Gasteiger partial charge in [-0.2, -0.15) is 0 Å². The Morgan fingerprint density at radius 1 is 1.06 bits per heavy atom. The predicted octanol–water partition coefficient (Wildman–Crippen LogP) is 6.80. The van der Waals surface area contributed by atoms with E-state index in [9.17, 15) is 9.59 Å². The van der Waals surface area contributed by atoms with Crippen LogP contribution in [0.15, 0.2) is 54.6 Å². The van der Waals surface area contributed by atoms with E-state index >= 15 is 0 Å². The number of benzene rings is 2. The number of fused-ring (bicyclic) bond motifs is 1. The van der Waals surface area contributed by atoms with Crippen LogP contribution in [0.3, 0.4) is 0 Å². The molecule has 35 heavy (non-hydrogen) atoms. The molecule has 0 saturated heterocycles. The summed E-state index contributed by atoms with van der Waals surface area (Å²) in [6.07, 6.45) is -0.258. The van der Waals surface area contributed by atoms with Gasteiger partial charge in [0.05, 0.1) is 35.0 Å². The third-order valence-corrected chi connectivity index (χ3v) is 6.70. The minimum Gasteiger partial charge on any atom is -0.494 e. The second kappa shape index (κ2) is 10.3. The summed E-state index contributed by atoms with van der Waals surface area (Å²) in [5.74, 6) is 0.0294. The Labute approximate surface area is 208 Å². The molecule has 0 bridgehead atoms. The van der Waals surface area contributed by atoms with Crippen molar-refractivity contribution in [1.29, 1.82) is 0 Å². The molecule has 0 atom stereocenters. The third-order valence-electron chi connectivity index (χ3n) is 5.58. The minimum absolute atomic E-state index is 0.258. The van der Waals surface area contributed by atoms with Crippen molar-refractivity contribution in [2.75, 3.05) is 11.9 Å². The van der Waals surface area contributed by atoms with Gasteiger partial charge in [0.15, 0.2) is 0 Å². The molecule has 4 aromatic rings. The van der Waals surface area contributed by atoms with Gasteiger partial charge in [0.25, 0.3) is 5.91 Å². The van der Waals surface area contributed by atoms with Crippen LogP contribution in [0.5, 0.6) is 5.75 Å². The minimum atomic E-state index is -0.438. The maximum absolute atomic E-state index is 13.6. The van der Waals surface area contributed by atoms with E-state index in [-0.39, 0.29) is 12.0 Å². The fourth-order valence-corrected chi connectivity index (χ4v) is 4.85. The lowest BCUT2D eigenvalue weighted by molar-refractivity contribution is 0.0379. The Balaban J connectivity index is 1.74. The SMILES string of the molecule is CCOc1ccc(-c2cc(C(=O)Nc3sc(C)c(C)c3C(=O)OC(C)C)c3ccccc3n2)cc1. The van der Waals surface area contributed by atoms with Crippen molar-refractivity contribution in [3.8, 4) is 17.0 Å². The molecule has 6 nitrogen and oxygen atoms in total. The molecule has 180 valence electrons. The first-order valence-corrected chi connectivity index (χ1v) is 12.4. The Kier molecular flexibility index (Phi) is 7.17. The highest BCUT2D eigenvalue weighted by atomic mass is 32.1. The largest absolute Gasteiger partial charge is 0.494 e. The van der Waals surface area contributed by atoms with Crippen molar-refractivity contribution in [2.24, 2.45) is 0 Å². The lowest BCUT2D eigenvalue weighted by Gasteiger charge is -2.12. The number of carbonyl (C=O) groups excluding carboxylic acids is 2. The smallest absolute Gasteiger partial charge is 0.341 e. The highest BCUT2D eigenvalue weighted by Gasteiger charge is 2.24. The van der Waals surface area contributed by atoms with Gasteiger partial charge in [-0.15, -0.1) is 11.3 Å². The summed E-state index contributed by atoms with van der Waals surface area (Å²) in [5.41, 5.74) is 3.95. The summed E-state index contributed by atoms with van der Waals surface area (Å²) in [4.78, 5) is 32.1. The van der Waals surface area contributed by atoms with Gasteiger partial charge in [0.2, 0.25) is 0 Å². The van der Waals surface area contributed by atoms with Crippen LogP contribution in [0.1, 0.15) is 51.9 Å². The molecule has 2 aromatic heterocycles. The fourth-order valence-electron chi connectivity index (χ4n) is 3.80. The number of nitrogens with zero attached hydrogens (tertiary/aromatic N) is 1. The van der Waals surface area contributed by atoms with Crippen LogP contribution in [0.4, 0.5) is 5.00 Å². The van der Waals surface area contributed by atoms with E-state index in [1.165, 1.54) is 11.3 Å². The average molecular weight is 489 g/mol. The number of para-hydroxylation sites is 1. The van der Waals surface area contributed by atoms with E-state index < -0.39 is 5.97 Å². The maximum atomic E-state index is 13.6. The number of hydrogen-bond donors (Lipinski definition) is 1. The number of rotatable bonds is 7. The third kappa shape index (κ3) is 5.20. The fraction of sp³-hybridized carbons (Fsp3) is 0.250. The molecule has 0 fully saturated rings. The maximum Gasteiger partial charge on any atom is 0.341 e. The van der Waals surface area contributed by atoms with Gasteiger partial charge >= 0.3 is 5.97 Å². The zero-order valence-corrected chi connectivity index (χ0v) is 21.3. The quantitative estimate of drug-likeness (QED) is 0.290. The molecule has 2 heterocycles. The summed E-state index contributed by atoms with van der Waals surface area (Å²) >= 11 is 1.37. The monoisotopic (exact) mass is 488 g/mol. The summed E-state index contributed by atoms with van der Waals surface area (Å²) in [5, 5.41) is 4.19. The number of aromatic nitrogens is 1. The first-order chi connectivity index (χ1) is 16.8. The van der Waals surface area contributed by atoms with Crippen LogP contribution in [0.25, 0.3) is 22.2 Å². The van der Waals surface area contributed by atoms with Gasteiger partial charge in [-0.25, -0.2) is 9.78 Å². The van der Waals surface area contributed by atoms with Crippen molar-refractivity contribution in [1.82, 2.24) is 4.98 Å². The highest BCUT2D eigenvalue weighted by molar-refractivity contribution is 7.16. The Morgan fingerprint density at radius 3 is 2.46 bits per heavy atom.